The van der Waals surface area contributed by atoms with E-state index in [2.05, 4.69) is 20.7 Å². The summed E-state index contributed by atoms with van der Waals surface area (Å²) in [6, 6.07) is 15.2. The fourth-order valence-corrected chi connectivity index (χ4v) is 3.56. The molecule has 1 heterocycles. The summed E-state index contributed by atoms with van der Waals surface area (Å²) in [5, 5.41) is 1.59. The monoisotopic (exact) mass is 477 g/mol. The van der Waals surface area contributed by atoms with Crippen LogP contribution in [0.3, 0.4) is 0 Å². The van der Waals surface area contributed by atoms with Crippen molar-refractivity contribution in [2.45, 2.75) is 6.61 Å². The van der Waals surface area contributed by atoms with E-state index in [0.29, 0.717) is 22.1 Å². The van der Waals surface area contributed by atoms with E-state index < -0.39 is 28.2 Å². The standard InChI is InChI=1S/C20H16BrNO6S/c21-16-6-7-17-15(10-19(23)28-18(17)11-16)13-27-20(24)12-22-29(25,26)9-8-14-4-2-1-3-5-14/h1-11,22H,12-13H2/b9-8+. The van der Waals surface area contributed by atoms with Crippen LogP contribution in [0.2, 0.25) is 0 Å². The van der Waals surface area contributed by atoms with E-state index >= 15 is 0 Å². The van der Waals surface area contributed by atoms with Crippen LogP contribution in [0, 0.1) is 0 Å². The maximum Gasteiger partial charge on any atom is 0.336 e. The number of halogens is 1. The first-order valence-corrected chi connectivity index (χ1v) is 10.8. The molecule has 2 aromatic carbocycles. The number of sulfonamides is 1. The van der Waals surface area contributed by atoms with Crippen LogP contribution in [0.25, 0.3) is 17.0 Å². The van der Waals surface area contributed by atoms with E-state index in [1.165, 1.54) is 12.1 Å². The summed E-state index contributed by atoms with van der Waals surface area (Å²) in [4.78, 5) is 23.6. The molecule has 0 amide bonds. The van der Waals surface area contributed by atoms with E-state index in [0.717, 1.165) is 9.88 Å². The second kappa shape index (κ2) is 9.17. The molecule has 1 N–H and O–H groups in total. The van der Waals surface area contributed by atoms with Crippen molar-refractivity contribution in [1.82, 2.24) is 4.72 Å². The summed E-state index contributed by atoms with van der Waals surface area (Å²) < 4.78 is 37.0. The van der Waals surface area contributed by atoms with Crippen molar-refractivity contribution >= 4 is 49.0 Å². The molecule has 0 aliphatic heterocycles. The predicted molar refractivity (Wildman–Crippen MR) is 112 cm³/mol. The van der Waals surface area contributed by atoms with Crippen LogP contribution >= 0.6 is 15.9 Å². The van der Waals surface area contributed by atoms with Crippen LogP contribution in [0.1, 0.15) is 11.1 Å². The van der Waals surface area contributed by atoms with Gasteiger partial charge in [0.2, 0.25) is 10.0 Å². The second-order valence-electron chi connectivity index (χ2n) is 5.97. The van der Waals surface area contributed by atoms with E-state index in [9.17, 15) is 18.0 Å². The average Bonchev–Trinajstić information content (AvgIpc) is 2.69. The van der Waals surface area contributed by atoms with Gasteiger partial charge in [0, 0.05) is 26.9 Å². The number of carbonyl (C=O) groups is 1. The highest BCUT2D eigenvalue weighted by molar-refractivity contribution is 9.10. The third kappa shape index (κ3) is 6.11. The Hall–Kier alpha value is -2.75. The topological polar surface area (TPSA) is 103 Å². The van der Waals surface area contributed by atoms with Crippen molar-refractivity contribution in [2.24, 2.45) is 0 Å². The Morgan fingerprint density at radius 2 is 1.90 bits per heavy atom. The molecule has 0 unspecified atom stereocenters. The van der Waals surface area contributed by atoms with Gasteiger partial charge in [-0.15, -0.1) is 0 Å². The molecule has 0 spiro atoms. The lowest BCUT2D eigenvalue weighted by atomic mass is 10.1. The van der Waals surface area contributed by atoms with Crippen LogP contribution < -0.4 is 10.3 Å². The summed E-state index contributed by atoms with van der Waals surface area (Å²) in [5.74, 6) is -0.778. The van der Waals surface area contributed by atoms with Crippen LogP contribution in [0.4, 0.5) is 0 Å². The molecule has 0 bridgehead atoms. The van der Waals surface area contributed by atoms with Gasteiger partial charge < -0.3 is 9.15 Å². The zero-order valence-electron chi connectivity index (χ0n) is 15.0. The Kier molecular flexibility index (Phi) is 6.63. The first-order chi connectivity index (χ1) is 13.8. The highest BCUT2D eigenvalue weighted by Crippen LogP contribution is 2.22. The van der Waals surface area contributed by atoms with Gasteiger partial charge in [0.05, 0.1) is 0 Å². The van der Waals surface area contributed by atoms with Gasteiger partial charge in [-0.1, -0.05) is 46.3 Å². The second-order valence-corrected chi connectivity index (χ2v) is 8.54. The Balaban J connectivity index is 1.60. The van der Waals surface area contributed by atoms with E-state index in [1.54, 1.807) is 42.5 Å². The molecular formula is C20H16BrNO6S. The lowest BCUT2D eigenvalue weighted by Crippen LogP contribution is -2.29. The minimum Gasteiger partial charge on any atom is -0.460 e. The zero-order valence-corrected chi connectivity index (χ0v) is 17.4. The molecule has 0 saturated carbocycles. The molecule has 0 saturated heterocycles. The molecule has 29 heavy (non-hydrogen) atoms. The van der Waals surface area contributed by atoms with Crippen LogP contribution in [-0.4, -0.2) is 20.9 Å². The zero-order chi connectivity index (χ0) is 20.9. The summed E-state index contributed by atoms with van der Waals surface area (Å²) in [6.07, 6.45) is 1.42. The highest BCUT2D eigenvalue weighted by Gasteiger charge is 2.12. The molecule has 0 aliphatic rings. The molecule has 0 radical (unpaired) electrons. The number of ether oxygens (including phenoxy) is 1. The third-order valence-electron chi connectivity index (χ3n) is 3.84. The number of esters is 1. The molecule has 0 aliphatic carbocycles. The summed E-state index contributed by atoms with van der Waals surface area (Å²) in [6.45, 7) is -0.726. The Labute approximate surface area is 175 Å². The van der Waals surface area contributed by atoms with Crippen LogP contribution in [-0.2, 0) is 26.2 Å². The quantitative estimate of drug-likeness (QED) is 0.414. The average molecular weight is 478 g/mol. The van der Waals surface area contributed by atoms with Gasteiger partial charge in [0.1, 0.15) is 18.7 Å². The Morgan fingerprint density at radius 3 is 2.66 bits per heavy atom. The van der Waals surface area contributed by atoms with Gasteiger partial charge in [-0.3, -0.25) is 4.79 Å². The minimum atomic E-state index is -3.81. The number of benzene rings is 2. The van der Waals surface area contributed by atoms with Crippen molar-refractivity contribution < 1.29 is 22.4 Å². The fourth-order valence-electron chi connectivity index (χ4n) is 2.47. The van der Waals surface area contributed by atoms with Crippen molar-refractivity contribution in [2.75, 3.05) is 6.54 Å². The molecule has 0 atom stereocenters. The van der Waals surface area contributed by atoms with Gasteiger partial charge in [-0.05, 0) is 29.8 Å². The summed E-state index contributed by atoms with van der Waals surface area (Å²) in [7, 11) is -3.81. The smallest absolute Gasteiger partial charge is 0.336 e. The third-order valence-corrected chi connectivity index (χ3v) is 5.37. The lowest BCUT2D eigenvalue weighted by molar-refractivity contribution is -0.143. The highest BCUT2D eigenvalue weighted by atomic mass is 79.9. The molecule has 1 aromatic heterocycles. The summed E-state index contributed by atoms with van der Waals surface area (Å²) >= 11 is 3.29. The first kappa shape index (κ1) is 21.0. The Morgan fingerprint density at radius 1 is 1.14 bits per heavy atom. The maximum atomic E-state index is 12.0. The fraction of sp³-hybridized carbons (Fsp3) is 0.100. The van der Waals surface area contributed by atoms with Gasteiger partial charge in [0.15, 0.2) is 0 Å². The van der Waals surface area contributed by atoms with Crippen molar-refractivity contribution in [3.63, 3.8) is 0 Å². The van der Waals surface area contributed by atoms with Crippen molar-refractivity contribution in [3.05, 3.63) is 86.0 Å². The van der Waals surface area contributed by atoms with Crippen LogP contribution in [0.15, 0.2) is 73.7 Å². The van der Waals surface area contributed by atoms with Gasteiger partial charge >= 0.3 is 11.6 Å². The van der Waals surface area contributed by atoms with E-state index in [4.69, 9.17) is 9.15 Å². The number of hydrogen-bond acceptors (Lipinski definition) is 6. The molecule has 9 heteroatoms. The molecule has 3 rings (SSSR count). The molecule has 150 valence electrons. The minimum absolute atomic E-state index is 0.190. The lowest BCUT2D eigenvalue weighted by Gasteiger charge is -2.08. The SMILES string of the molecule is O=C(CNS(=O)(=O)/C=C/c1ccccc1)OCc1cc(=O)oc2cc(Br)ccc12. The normalized spacial score (nSPS) is 11.8. The van der Waals surface area contributed by atoms with Crippen molar-refractivity contribution in [1.29, 1.82) is 0 Å². The van der Waals surface area contributed by atoms with Crippen LogP contribution in [0.5, 0.6) is 0 Å². The molecule has 3 aromatic rings. The van der Waals surface area contributed by atoms with E-state index in [-0.39, 0.29) is 6.61 Å². The first-order valence-electron chi connectivity index (χ1n) is 8.43. The number of carbonyl (C=O) groups excluding carboxylic acids is 1. The number of rotatable bonds is 7. The van der Waals surface area contributed by atoms with Gasteiger partial charge in [0.25, 0.3) is 0 Å². The number of nitrogens with one attached hydrogen (secondary N) is 1. The Bertz CT molecular complexity index is 1220. The molecule has 0 fully saturated rings. The molecular weight excluding hydrogens is 462 g/mol. The largest absolute Gasteiger partial charge is 0.460 e. The van der Waals surface area contributed by atoms with Gasteiger partial charge in [-0.2, -0.15) is 0 Å². The number of fused-ring (bicyclic) bond motifs is 1. The van der Waals surface area contributed by atoms with Crippen molar-refractivity contribution in [3.8, 4) is 0 Å². The molecule has 7 nitrogen and oxygen atoms in total. The number of hydrogen-bond donors (Lipinski definition) is 1. The van der Waals surface area contributed by atoms with Gasteiger partial charge in [-0.25, -0.2) is 17.9 Å². The predicted octanol–water partition coefficient (Wildman–Crippen LogP) is 3.19. The van der Waals surface area contributed by atoms with E-state index in [1.807, 2.05) is 6.07 Å². The maximum absolute atomic E-state index is 12.0. The summed E-state index contributed by atoms with van der Waals surface area (Å²) in [5.41, 5.74) is 0.948.